The van der Waals surface area contributed by atoms with Crippen LogP contribution in [0.15, 0.2) is 152 Å². The van der Waals surface area contributed by atoms with Crippen molar-refractivity contribution in [1.29, 1.82) is 0 Å². The van der Waals surface area contributed by atoms with E-state index in [0.717, 1.165) is 5.56 Å². The van der Waals surface area contributed by atoms with Crippen LogP contribution >= 0.6 is 0 Å². The van der Waals surface area contributed by atoms with Gasteiger partial charge in [-0.25, -0.2) is 0 Å². The van der Waals surface area contributed by atoms with E-state index in [9.17, 15) is 0 Å². The summed E-state index contributed by atoms with van der Waals surface area (Å²) in [6, 6.07) is 46.1. The maximum atomic E-state index is 15.6. The van der Waals surface area contributed by atoms with Crippen molar-refractivity contribution in [1.82, 2.24) is 0 Å². The molecular weight excluding hydrogens is 615 g/mol. The molecule has 0 N–H and O–H groups in total. The van der Waals surface area contributed by atoms with Gasteiger partial charge in [0.15, 0.2) is 5.79 Å². The summed E-state index contributed by atoms with van der Waals surface area (Å²) < 4.78 is 13.6. The van der Waals surface area contributed by atoms with Gasteiger partial charge in [-0.15, -0.1) is 0 Å². The molecule has 216 valence electrons. The molecule has 43 heavy (non-hydrogen) atoms. The van der Waals surface area contributed by atoms with E-state index in [0.29, 0.717) is 22.3 Å². The molecule has 1 aliphatic heterocycles. The summed E-state index contributed by atoms with van der Waals surface area (Å²) in [7, 11) is 0. The van der Waals surface area contributed by atoms with Crippen LogP contribution < -0.4 is 35.0 Å². The van der Waals surface area contributed by atoms with E-state index in [2.05, 4.69) is 0 Å². The molecule has 0 unspecified atom stereocenters. The molecular formula is C36H30Cl2O4Ti. The number of hydrogen-bond acceptors (Lipinski definition) is 4. The van der Waals surface area contributed by atoms with E-state index in [1.165, 1.54) is 0 Å². The van der Waals surface area contributed by atoms with Gasteiger partial charge in [0.25, 0.3) is 0 Å². The van der Waals surface area contributed by atoms with Gasteiger partial charge < -0.3 is 44.5 Å². The van der Waals surface area contributed by atoms with Gasteiger partial charge in [-0.2, -0.15) is 0 Å². The van der Waals surface area contributed by atoms with Crippen LogP contribution in [0.4, 0.5) is 0 Å². The zero-order valence-electron chi connectivity index (χ0n) is 23.5. The predicted molar refractivity (Wildman–Crippen MR) is 151 cm³/mol. The van der Waals surface area contributed by atoms with Gasteiger partial charge in [-0.05, 0) is 18.1 Å². The normalized spacial score (nSPS) is 17.6. The third-order valence-electron chi connectivity index (χ3n) is 7.89. The Morgan fingerprint density at radius 3 is 0.953 bits per heavy atom. The fourth-order valence-corrected chi connectivity index (χ4v) is 5.84. The summed E-state index contributed by atoms with van der Waals surface area (Å²) in [6.07, 6.45) is -2.39. The molecule has 6 rings (SSSR count). The van der Waals surface area contributed by atoms with Crippen LogP contribution in [0.2, 0.25) is 0 Å². The number of rotatable bonds is 7. The summed E-state index contributed by atoms with van der Waals surface area (Å²) in [5.74, 6) is -1.34. The van der Waals surface area contributed by atoms with Crippen molar-refractivity contribution < 1.29 is 66.2 Å². The fourth-order valence-electron chi connectivity index (χ4n) is 5.84. The largest absolute Gasteiger partial charge is 4.00 e. The number of hydrogen-bond donors (Lipinski definition) is 0. The Morgan fingerprint density at radius 1 is 0.465 bits per heavy atom. The summed E-state index contributed by atoms with van der Waals surface area (Å²) in [6.45, 7) is 1.79. The Kier molecular flexibility index (Phi) is 11.6. The van der Waals surface area contributed by atoms with Crippen molar-refractivity contribution in [2.24, 2.45) is 0 Å². The number of halogens is 2. The molecule has 1 heterocycles. The molecule has 1 saturated heterocycles. The van der Waals surface area contributed by atoms with Crippen molar-refractivity contribution in [3.63, 3.8) is 0 Å². The van der Waals surface area contributed by atoms with Crippen molar-refractivity contribution >= 4 is 0 Å². The van der Waals surface area contributed by atoms with Gasteiger partial charge in [-0.1, -0.05) is 174 Å². The zero-order valence-corrected chi connectivity index (χ0v) is 26.6. The van der Waals surface area contributed by atoms with Crippen LogP contribution in [0.1, 0.15) is 34.7 Å². The topological polar surface area (TPSA) is 64.6 Å². The molecule has 0 spiro atoms. The van der Waals surface area contributed by atoms with Crippen molar-refractivity contribution in [2.45, 2.75) is 36.1 Å². The Labute approximate surface area is 280 Å². The van der Waals surface area contributed by atoms with Crippen LogP contribution in [0.3, 0.4) is 0 Å². The van der Waals surface area contributed by atoms with Crippen molar-refractivity contribution in [3.8, 4) is 0 Å². The van der Waals surface area contributed by atoms with Crippen LogP contribution in [0.5, 0.6) is 0 Å². The zero-order chi connectivity index (χ0) is 27.6. The predicted octanol–water partition coefficient (Wildman–Crippen LogP) is -0.743. The first-order chi connectivity index (χ1) is 19.5. The second-order valence-corrected chi connectivity index (χ2v) is 10.3. The van der Waals surface area contributed by atoms with E-state index in [4.69, 9.17) is 9.47 Å². The minimum atomic E-state index is -1.96. The summed E-state index contributed by atoms with van der Waals surface area (Å²) in [5.41, 5.74) is -1.19. The molecule has 0 bridgehead atoms. The van der Waals surface area contributed by atoms with Crippen LogP contribution in [0, 0.1) is 0 Å². The van der Waals surface area contributed by atoms with E-state index in [1.807, 2.05) is 103 Å². The van der Waals surface area contributed by atoms with E-state index in [-0.39, 0.29) is 46.5 Å². The first-order valence-corrected chi connectivity index (χ1v) is 13.5. The third kappa shape index (κ3) is 6.26. The maximum absolute atomic E-state index is 15.6. The van der Waals surface area contributed by atoms with E-state index in [1.54, 1.807) is 55.5 Å². The molecule has 0 amide bonds. The molecule has 4 nitrogen and oxygen atoms in total. The molecule has 1 aliphatic rings. The Hall–Kier alpha value is -2.77. The van der Waals surface area contributed by atoms with E-state index >= 15 is 10.2 Å². The van der Waals surface area contributed by atoms with Crippen LogP contribution in [-0.2, 0) is 48.2 Å². The summed E-state index contributed by atoms with van der Waals surface area (Å²) in [4.78, 5) is 0. The second-order valence-electron chi connectivity index (χ2n) is 10.3. The standard InChI is InChI=1S/C36H30O4.2ClH.Ti/c1-34(27-17-7-2-8-18-27)39-32(35(37,28-19-9-3-10-20-28)29-21-11-4-12-22-29)33(40-34)36(38,30-23-13-5-14-24-30)31-25-15-6-16-26-31;;;/h2-26,32-33H,1H3;2*1H;/q-2;;;+4/p-2/t32-,33-;;;/m1.../s1. The Bertz CT molecular complexity index is 1370. The minimum absolute atomic E-state index is 0. The smallest absolute Gasteiger partial charge is 1.00 e. The monoisotopic (exact) mass is 644 g/mol. The third-order valence-corrected chi connectivity index (χ3v) is 7.89. The molecule has 0 aliphatic carbocycles. The van der Waals surface area contributed by atoms with Gasteiger partial charge in [0, 0.05) is 5.56 Å². The SMILES string of the molecule is CC1(c2ccccc2)O[C@@H](C([O-])(c2ccccc2)c2ccccc2)[C@H](C([O-])(c2ccccc2)c2ccccc2)O1.[Cl-].[Cl-].[Ti+4]. The first-order valence-electron chi connectivity index (χ1n) is 13.5. The number of ether oxygens (including phenoxy) is 2. The molecule has 7 heteroatoms. The summed E-state index contributed by atoms with van der Waals surface area (Å²) >= 11 is 0. The average molecular weight is 645 g/mol. The van der Waals surface area contributed by atoms with Crippen LogP contribution in [-0.4, -0.2) is 12.2 Å². The van der Waals surface area contributed by atoms with Crippen LogP contribution in [0.25, 0.3) is 0 Å². The van der Waals surface area contributed by atoms with Gasteiger partial charge in [-0.3, -0.25) is 0 Å². The quantitative estimate of drug-likeness (QED) is 0.219. The molecule has 0 aromatic heterocycles. The fraction of sp³-hybridized carbons (Fsp3) is 0.167. The van der Waals surface area contributed by atoms with Gasteiger partial charge >= 0.3 is 21.7 Å². The average Bonchev–Trinajstić information content (AvgIpc) is 3.42. The minimum Gasteiger partial charge on any atom is -1.00 e. The van der Waals surface area contributed by atoms with Gasteiger partial charge in [0.05, 0.1) is 12.2 Å². The van der Waals surface area contributed by atoms with Crippen molar-refractivity contribution in [2.75, 3.05) is 0 Å². The molecule has 1 fully saturated rings. The second kappa shape index (κ2) is 14.3. The van der Waals surface area contributed by atoms with Gasteiger partial charge in [0.2, 0.25) is 0 Å². The molecule has 5 aromatic rings. The molecule has 0 radical (unpaired) electrons. The first kappa shape index (κ1) is 34.7. The molecule has 5 aromatic carbocycles. The Morgan fingerprint density at radius 2 is 0.698 bits per heavy atom. The maximum Gasteiger partial charge on any atom is 4.00 e. The molecule has 2 atom stereocenters. The molecule has 0 saturated carbocycles. The number of benzene rings is 5. The van der Waals surface area contributed by atoms with Crippen molar-refractivity contribution in [3.05, 3.63) is 179 Å². The summed E-state index contributed by atoms with van der Waals surface area (Å²) in [5, 5.41) is 31.2. The van der Waals surface area contributed by atoms with E-state index < -0.39 is 29.2 Å². The Balaban J connectivity index is 0.00000169. The van der Waals surface area contributed by atoms with Gasteiger partial charge in [0.1, 0.15) is 0 Å².